The first-order valence-corrected chi connectivity index (χ1v) is 11.6. The number of hydrogen-bond donors (Lipinski definition) is 2. The summed E-state index contributed by atoms with van der Waals surface area (Å²) in [5.41, 5.74) is 3.76. The third-order valence-electron chi connectivity index (χ3n) is 4.81. The van der Waals surface area contributed by atoms with Crippen molar-refractivity contribution in [3.05, 3.63) is 77.8 Å². The summed E-state index contributed by atoms with van der Waals surface area (Å²) < 4.78 is 6.62. The predicted molar refractivity (Wildman–Crippen MR) is 133 cm³/mol. The minimum absolute atomic E-state index is 0.0852. The molecule has 6 nitrogen and oxygen atoms in total. The van der Waals surface area contributed by atoms with Gasteiger partial charge in [-0.15, -0.1) is 11.3 Å². The molecule has 0 aliphatic carbocycles. The van der Waals surface area contributed by atoms with Gasteiger partial charge in [0.1, 0.15) is 10.8 Å². The molecule has 2 amide bonds. The maximum atomic E-state index is 12.3. The fourth-order valence-electron chi connectivity index (χ4n) is 3.33. The highest BCUT2D eigenvalue weighted by atomic mass is 32.1. The van der Waals surface area contributed by atoms with E-state index in [0.717, 1.165) is 27.1 Å². The Labute approximate surface area is 196 Å². The van der Waals surface area contributed by atoms with E-state index in [9.17, 15) is 9.59 Å². The smallest absolute Gasteiger partial charge is 0.243 e. The van der Waals surface area contributed by atoms with Crippen LogP contribution in [-0.4, -0.2) is 29.4 Å². The summed E-state index contributed by atoms with van der Waals surface area (Å²) in [6, 6.07) is 23.4. The van der Waals surface area contributed by atoms with Gasteiger partial charge in [0.25, 0.3) is 0 Å². The zero-order valence-corrected chi connectivity index (χ0v) is 19.3. The molecule has 0 saturated heterocycles. The van der Waals surface area contributed by atoms with Crippen molar-refractivity contribution < 1.29 is 14.3 Å². The number of fused-ring (bicyclic) bond motifs is 1. The number of carbonyl (C=O) groups excluding carboxylic acids is 2. The van der Waals surface area contributed by atoms with E-state index < -0.39 is 0 Å². The molecule has 0 aliphatic heterocycles. The standard InChI is InChI=1S/C26H25N3O3S/c1-17(2)32-21-11-9-20(10-12-21)28-25(31)16-27-24(30)15-26-29-22-13-8-19(14-23(22)33-26)18-6-4-3-5-7-18/h3-14,17H,15-16H2,1-2H3,(H,27,30)(H,28,31). The highest BCUT2D eigenvalue weighted by Gasteiger charge is 2.12. The Morgan fingerprint density at radius 2 is 1.70 bits per heavy atom. The first-order valence-electron chi connectivity index (χ1n) is 10.7. The van der Waals surface area contributed by atoms with Crippen LogP contribution in [-0.2, 0) is 16.0 Å². The van der Waals surface area contributed by atoms with Gasteiger partial charge in [0, 0.05) is 5.69 Å². The highest BCUT2D eigenvalue weighted by Crippen LogP contribution is 2.28. The molecule has 4 rings (SSSR count). The summed E-state index contributed by atoms with van der Waals surface area (Å²) in [6.07, 6.45) is 0.219. The molecule has 0 radical (unpaired) electrons. The average Bonchev–Trinajstić information content (AvgIpc) is 3.20. The number of amides is 2. The van der Waals surface area contributed by atoms with Crippen LogP contribution >= 0.6 is 11.3 Å². The number of anilines is 1. The van der Waals surface area contributed by atoms with E-state index in [4.69, 9.17) is 4.74 Å². The number of hydrogen-bond acceptors (Lipinski definition) is 5. The van der Waals surface area contributed by atoms with Gasteiger partial charge in [-0.2, -0.15) is 0 Å². The van der Waals surface area contributed by atoms with E-state index in [0.29, 0.717) is 10.7 Å². The second kappa shape index (κ2) is 10.3. The van der Waals surface area contributed by atoms with Crippen LogP contribution in [0.5, 0.6) is 5.75 Å². The first kappa shape index (κ1) is 22.5. The zero-order valence-electron chi connectivity index (χ0n) is 18.5. The lowest BCUT2D eigenvalue weighted by molar-refractivity contribution is -0.123. The molecular formula is C26H25N3O3S. The van der Waals surface area contributed by atoms with E-state index in [1.54, 1.807) is 24.3 Å². The van der Waals surface area contributed by atoms with E-state index >= 15 is 0 Å². The number of nitrogens with zero attached hydrogens (tertiary/aromatic N) is 1. The van der Waals surface area contributed by atoms with Crippen molar-refractivity contribution in [3.8, 4) is 16.9 Å². The van der Waals surface area contributed by atoms with Gasteiger partial charge in [-0.05, 0) is 61.4 Å². The molecule has 1 heterocycles. The second-order valence-electron chi connectivity index (χ2n) is 7.85. The van der Waals surface area contributed by atoms with Crippen LogP contribution in [0.4, 0.5) is 5.69 Å². The Morgan fingerprint density at radius 3 is 2.42 bits per heavy atom. The molecule has 168 valence electrons. The number of nitrogens with one attached hydrogen (secondary N) is 2. The van der Waals surface area contributed by atoms with Crippen LogP contribution in [0.2, 0.25) is 0 Å². The summed E-state index contributed by atoms with van der Waals surface area (Å²) in [4.78, 5) is 29.1. The quantitative estimate of drug-likeness (QED) is 0.387. The van der Waals surface area contributed by atoms with Gasteiger partial charge < -0.3 is 15.4 Å². The van der Waals surface area contributed by atoms with Crippen molar-refractivity contribution >= 4 is 39.1 Å². The molecule has 33 heavy (non-hydrogen) atoms. The lowest BCUT2D eigenvalue weighted by atomic mass is 10.1. The fraction of sp³-hybridized carbons (Fsp3) is 0.192. The minimum atomic E-state index is -0.294. The summed E-state index contributed by atoms with van der Waals surface area (Å²) in [5, 5.41) is 6.14. The lowest BCUT2D eigenvalue weighted by Gasteiger charge is -2.11. The lowest BCUT2D eigenvalue weighted by Crippen LogP contribution is -2.33. The van der Waals surface area contributed by atoms with Gasteiger partial charge in [0.05, 0.1) is 29.3 Å². The topological polar surface area (TPSA) is 80.3 Å². The van der Waals surface area contributed by atoms with Gasteiger partial charge >= 0.3 is 0 Å². The van der Waals surface area contributed by atoms with E-state index in [-0.39, 0.29) is 30.9 Å². The molecule has 2 N–H and O–H groups in total. The van der Waals surface area contributed by atoms with E-state index in [2.05, 4.69) is 33.8 Å². The third-order valence-corrected chi connectivity index (χ3v) is 5.83. The van der Waals surface area contributed by atoms with Crippen molar-refractivity contribution in [1.29, 1.82) is 0 Å². The molecule has 4 aromatic rings. The van der Waals surface area contributed by atoms with E-state index in [1.807, 2.05) is 44.2 Å². The number of aromatic nitrogens is 1. The predicted octanol–water partition coefficient (Wildman–Crippen LogP) is 5.05. The summed E-state index contributed by atoms with van der Waals surface area (Å²) in [5.74, 6) is 0.203. The fourth-order valence-corrected chi connectivity index (χ4v) is 4.34. The SMILES string of the molecule is CC(C)Oc1ccc(NC(=O)CNC(=O)Cc2nc3ccc(-c4ccccc4)cc3s2)cc1. The monoisotopic (exact) mass is 459 g/mol. The number of ether oxygens (including phenoxy) is 1. The Hall–Kier alpha value is -3.71. The maximum Gasteiger partial charge on any atom is 0.243 e. The second-order valence-corrected chi connectivity index (χ2v) is 8.96. The molecule has 0 atom stereocenters. The number of carbonyl (C=O) groups is 2. The van der Waals surface area contributed by atoms with Crippen molar-refractivity contribution in [2.75, 3.05) is 11.9 Å². The molecule has 0 saturated carbocycles. The molecular weight excluding hydrogens is 434 g/mol. The Kier molecular flexibility index (Phi) is 7.00. The average molecular weight is 460 g/mol. The maximum absolute atomic E-state index is 12.3. The summed E-state index contributed by atoms with van der Waals surface area (Å²) in [7, 11) is 0. The van der Waals surface area contributed by atoms with Gasteiger partial charge in [-0.1, -0.05) is 36.4 Å². The highest BCUT2D eigenvalue weighted by molar-refractivity contribution is 7.18. The molecule has 7 heteroatoms. The molecule has 3 aromatic carbocycles. The molecule has 0 aliphatic rings. The van der Waals surface area contributed by atoms with Crippen LogP contribution in [0, 0.1) is 0 Å². The third kappa shape index (κ3) is 6.17. The van der Waals surface area contributed by atoms with Gasteiger partial charge in [-0.25, -0.2) is 4.98 Å². The van der Waals surface area contributed by atoms with Crippen LogP contribution in [0.15, 0.2) is 72.8 Å². The summed E-state index contributed by atoms with van der Waals surface area (Å²) in [6.45, 7) is 3.80. The molecule has 0 bridgehead atoms. The van der Waals surface area contributed by atoms with Crippen LogP contribution in [0.3, 0.4) is 0 Å². The van der Waals surface area contributed by atoms with Crippen molar-refractivity contribution in [1.82, 2.24) is 10.3 Å². The van der Waals surface area contributed by atoms with Crippen molar-refractivity contribution in [2.24, 2.45) is 0 Å². The molecule has 0 spiro atoms. The minimum Gasteiger partial charge on any atom is -0.491 e. The number of thiazole rings is 1. The van der Waals surface area contributed by atoms with Gasteiger partial charge in [-0.3, -0.25) is 9.59 Å². The Bertz CT molecular complexity index is 1250. The largest absolute Gasteiger partial charge is 0.491 e. The van der Waals surface area contributed by atoms with Crippen LogP contribution in [0.1, 0.15) is 18.9 Å². The van der Waals surface area contributed by atoms with Gasteiger partial charge in [0.2, 0.25) is 11.8 Å². The normalized spacial score (nSPS) is 10.9. The zero-order chi connectivity index (χ0) is 23.2. The number of rotatable bonds is 8. The van der Waals surface area contributed by atoms with Crippen molar-refractivity contribution in [2.45, 2.75) is 26.4 Å². The van der Waals surface area contributed by atoms with E-state index in [1.165, 1.54) is 11.3 Å². The summed E-state index contributed by atoms with van der Waals surface area (Å²) >= 11 is 1.49. The van der Waals surface area contributed by atoms with Gasteiger partial charge in [0.15, 0.2) is 0 Å². The van der Waals surface area contributed by atoms with Crippen LogP contribution in [0.25, 0.3) is 21.3 Å². The number of benzene rings is 3. The molecule has 0 unspecified atom stereocenters. The molecule has 0 fully saturated rings. The molecule has 1 aromatic heterocycles. The van der Waals surface area contributed by atoms with Crippen molar-refractivity contribution in [3.63, 3.8) is 0 Å². The first-order chi connectivity index (χ1) is 16.0. The Balaban J connectivity index is 1.30. The Morgan fingerprint density at radius 1 is 0.939 bits per heavy atom. The van der Waals surface area contributed by atoms with Crippen LogP contribution < -0.4 is 15.4 Å².